The lowest BCUT2D eigenvalue weighted by Gasteiger charge is -2.44. The van der Waals surface area contributed by atoms with Gasteiger partial charge >= 0.3 is 0 Å². The van der Waals surface area contributed by atoms with Crippen LogP contribution in [0.2, 0.25) is 10.0 Å². The van der Waals surface area contributed by atoms with Gasteiger partial charge < -0.3 is 14.2 Å². The molecule has 0 amide bonds. The van der Waals surface area contributed by atoms with Crippen LogP contribution in [-0.2, 0) is 11.3 Å². The molecule has 0 bridgehead atoms. The van der Waals surface area contributed by atoms with E-state index in [-0.39, 0.29) is 6.10 Å². The summed E-state index contributed by atoms with van der Waals surface area (Å²) in [6, 6.07) is 11.8. The first-order valence-electron chi connectivity index (χ1n) is 11.7. The van der Waals surface area contributed by atoms with Gasteiger partial charge in [-0.1, -0.05) is 40.5 Å². The molecule has 172 valence electrons. The number of pyridine rings is 1. The molecule has 0 N–H and O–H groups in total. The van der Waals surface area contributed by atoms with Gasteiger partial charge in [-0.3, -0.25) is 0 Å². The Labute approximate surface area is 204 Å². The Bertz CT molecular complexity index is 1160. The van der Waals surface area contributed by atoms with Crippen LogP contribution in [0.25, 0.3) is 11.3 Å². The van der Waals surface area contributed by atoms with Crippen molar-refractivity contribution in [3.63, 3.8) is 0 Å². The van der Waals surface area contributed by atoms with Crippen molar-refractivity contribution in [2.75, 3.05) is 18.0 Å². The quantitative estimate of drug-likeness (QED) is 0.385. The third-order valence-electron chi connectivity index (χ3n) is 7.39. The van der Waals surface area contributed by atoms with E-state index in [4.69, 9.17) is 37.4 Å². The highest BCUT2D eigenvalue weighted by atomic mass is 35.5. The molecule has 3 fully saturated rings. The molecule has 6 rings (SSSR count). The van der Waals surface area contributed by atoms with E-state index in [0.29, 0.717) is 28.0 Å². The van der Waals surface area contributed by atoms with Gasteiger partial charge in [0.1, 0.15) is 17.3 Å². The van der Waals surface area contributed by atoms with Gasteiger partial charge in [0.2, 0.25) is 0 Å². The van der Waals surface area contributed by atoms with Crippen LogP contribution in [0, 0.1) is 12.3 Å². The van der Waals surface area contributed by atoms with Gasteiger partial charge in [0.25, 0.3) is 0 Å². The van der Waals surface area contributed by atoms with E-state index in [0.717, 1.165) is 72.9 Å². The molecule has 0 unspecified atom stereocenters. The summed E-state index contributed by atoms with van der Waals surface area (Å²) in [5, 5.41) is 5.54. The summed E-state index contributed by atoms with van der Waals surface area (Å²) < 4.78 is 12.2. The summed E-state index contributed by atoms with van der Waals surface area (Å²) in [6.07, 6.45) is 5.89. The molecule has 3 heterocycles. The molecule has 7 heteroatoms. The number of anilines is 1. The molecule has 3 aliphatic rings. The number of hydrogen-bond acceptors (Lipinski definition) is 5. The van der Waals surface area contributed by atoms with Crippen molar-refractivity contribution in [2.45, 2.75) is 57.7 Å². The van der Waals surface area contributed by atoms with E-state index in [1.54, 1.807) is 0 Å². The standard InChI is InChI=1S/C26H27Cl2N3O2/c1-16-4-2-7-22(29-16)31-11-10-26(15-31)12-18(13-26)32-14-19-24(30-33-25(19)17-8-9-17)23-20(27)5-3-6-21(23)28/h2-7,17-18H,8-15H2,1H3. The van der Waals surface area contributed by atoms with Crippen LogP contribution < -0.4 is 4.90 Å². The first kappa shape index (κ1) is 21.5. The maximum Gasteiger partial charge on any atom is 0.145 e. The number of aryl methyl sites for hydroxylation is 1. The van der Waals surface area contributed by atoms with E-state index in [1.165, 1.54) is 6.42 Å². The fourth-order valence-corrected chi connectivity index (χ4v) is 6.02. The molecule has 1 aromatic carbocycles. The predicted octanol–water partition coefficient (Wildman–Crippen LogP) is 6.80. The highest BCUT2D eigenvalue weighted by Crippen LogP contribution is 2.51. The summed E-state index contributed by atoms with van der Waals surface area (Å²) in [5.41, 5.74) is 3.87. The van der Waals surface area contributed by atoms with Gasteiger partial charge in [-0.15, -0.1) is 0 Å². The monoisotopic (exact) mass is 483 g/mol. The summed E-state index contributed by atoms with van der Waals surface area (Å²) >= 11 is 13.0. The lowest BCUT2D eigenvalue weighted by molar-refractivity contribution is -0.0796. The number of halogens is 2. The second kappa shape index (κ2) is 8.30. The fraction of sp³-hybridized carbons (Fsp3) is 0.462. The Morgan fingerprint density at radius 3 is 2.61 bits per heavy atom. The van der Waals surface area contributed by atoms with Crippen molar-refractivity contribution in [3.8, 4) is 11.3 Å². The lowest BCUT2D eigenvalue weighted by atomic mass is 9.66. The molecule has 0 atom stereocenters. The maximum atomic E-state index is 6.48. The van der Waals surface area contributed by atoms with Crippen LogP contribution in [0.3, 0.4) is 0 Å². The van der Waals surface area contributed by atoms with Gasteiger partial charge in [-0.05, 0) is 68.7 Å². The number of rotatable bonds is 6. The molecule has 33 heavy (non-hydrogen) atoms. The molecular weight excluding hydrogens is 457 g/mol. The van der Waals surface area contributed by atoms with Crippen LogP contribution in [0.4, 0.5) is 5.82 Å². The maximum absolute atomic E-state index is 6.48. The lowest BCUT2D eigenvalue weighted by Crippen LogP contribution is -2.44. The van der Waals surface area contributed by atoms with Crippen LogP contribution in [0.15, 0.2) is 40.9 Å². The minimum absolute atomic E-state index is 0.256. The molecule has 2 aliphatic carbocycles. The Morgan fingerprint density at radius 2 is 1.88 bits per heavy atom. The van der Waals surface area contributed by atoms with Gasteiger partial charge in [0.15, 0.2) is 0 Å². The van der Waals surface area contributed by atoms with Gasteiger partial charge in [-0.2, -0.15) is 0 Å². The second-order valence-electron chi connectivity index (χ2n) is 9.89. The number of hydrogen-bond donors (Lipinski definition) is 0. The number of nitrogens with zero attached hydrogens (tertiary/aromatic N) is 3. The average Bonchev–Trinajstić information content (AvgIpc) is 3.37. The molecule has 1 saturated heterocycles. The summed E-state index contributed by atoms with van der Waals surface area (Å²) in [7, 11) is 0. The van der Waals surface area contributed by atoms with Crippen molar-refractivity contribution >= 4 is 29.0 Å². The Morgan fingerprint density at radius 1 is 1.12 bits per heavy atom. The van der Waals surface area contributed by atoms with E-state index >= 15 is 0 Å². The minimum atomic E-state index is 0.256. The zero-order chi connectivity index (χ0) is 22.6. The Hall–Kier alpha value is -2.08. The van der Waals surface area contributed by atoms with Crippen molar-refractivity contribution in [3.05, 3.63) is 63.5 Å². The smallest absolute Gasteiger partial charge is 0.145 e. The van der Waals surface area contributed by atoms with Crippen LogP contribution in [0.5, 0.6) is 0 Å². The number of aromatic nitrogens is 2. The highest BCUT2D eigenvalue weighted by Gasteiger charge is 2.49. The van der Waals surface area contributed by atoms with Crippen LogP contribution in [-0.4, -0.2) is 29.3 Å². The van der Waals surface area contributed by atoms with E-state index in [1.807, 2.05) is 31.2 Å². The molecule has 2 saturated carbocycles. The molecule has 1 aliphatic heterocycles. The second-order valence-corrected chi connectivity index (χ2v) is 10.7. The zero-order valence-corrected chi connectivity index (χ0v) is 20.2. The van der Waals surface area contributed by atoms with Crippen LogP contribution in [0.1, 0.15) is 55.0 Å². The average molecular weight is 484 g/mol. The number of benzene rings is 1. The van der Waals surface area contributed by atoms with E-state index in [2.05, 4.69) is 22.2 Å². The normalized spacial score (nSPS) is 24.5. The van der Waals surface area contributed by atoms with Gasteiger partial charge in [-0.25, -0.2) is 4.98 Å². The molecular formula is C26H27Cl2N3O2. The van der Waals surface area contributed by atoms with Crippen molar-refractivity contribution in [1.82, 2.24) is 10.1 Å². The SMILES string of the molecule is Cc1cccc(N2CCC3(CC(OCc4c(-c5c(Cl)cccc5Cl)noc4C4CC4)C3)C2)n1. The van der Waals surface area contributed by atoms with Gasteiger partial charge in [0.05, 0.1) is 22.8 Å². The topological polar surface area (TPSA) is 51.4 Å². The van der Waals surface area contributed by atoms with Crippen molar-refractivity contribution in [2.24, 2.45) is 5.41 Å². The Balaban J connectivity index is 1.14. The fourth-order valence-electron chi connectivity index (χ4n) is 5.44. The predicted molar refractivity (Wildman–Crippen MR) is 130 cm³/mol. The molecule has 1 spiro atoms. The molecule has 3 aromatic rings. The highest BCUT2D eigenvalue weighted by molar-refractivity contribution is 6.39. The summed E-state index contributed by atoms with van der Waals surface area (Å²) in [5.74, 6) is 2.47. The molecule has 0 radical (unpaired) electrons. The molecule has 2 aromatic heterocycles. The molecule has 5 nitrogen and oxygen atoms in total. The van der Waals surface area contributed by atoms with Crippen LogP contribution >= 0.6 is 23.2 Å². The van der Waals surface area contributed by atoms with Gasteiger partial charge in [0, 0.05) is 35.8 Å². The third kappa shape index (κ3) is 4.05. The Kier molecular flexibility index (Phi) is 5.39. The van der Waals surface area contributed by atoms with Crippen molar-refractivity contribution < 1.29 is 9.26 Å². The van der Waals surface area contributed by atoms with Crippen molar-refractivity contribution in [1.29, 1.82) is 0 Å². The summed E-state index contributed by atoms with van der Waals surface area (Å²) in [6.45, 7) is 4.66. The minimum Gasteiger partial charge on any atom is -0.373 e. The largest absolute Gasteiger partial charge is 0.373 e. The zero-order valence-electron chi connectivity index (χ0n) is 18.7. The third-order valence-corrected chi connectivity index (χ3v) is 8.02. The van der Waals surface area contributed by atoms with E-state index < -0.39 is 0 Å². The van der Waals surface area contributed by atoms with E-state index in [9.17, 15) is 0 Å². The first-order chi connectivity index (χ1) is 16.0. The first-order valence-corrected chi connectivity index (χ1v) is 12.5. The summed E-state index contributed by atoms with van der Waals surface area (Å²) in [4.78, 5) is 7.13. The number of ether oxygens (including phenoxy) is 1.